The Morgan fingerprint density at radius 2 is 1.56 bits per heavy atom. The Balaban J connectivity index is 2.00. The maximum absolute atomic E-state index is 12.6. The van der Waals surface area contributed by atoms with Gasteiger partial charge in [0.15, 0.2) is 0 Å². The van der Waals surface area contributed by atoms with Crippen molar-refractivity contribution < 1.29 is 13.2 Å². The number of aryl methyl sites for hydroxylation is 3. The van der Waals surface area contributed by atoms with Gasteiger partial charge in [0, 0.05) is 45.3 Å². The Labute approximate surface area is 163 Å². The second-order valence-electron chi connectivity index (χ2n) is 6.94. The van der Waals surface area contributed by atoms with Crippen LogP contribution in [-0.2, 0) is 15.0 Å². The van der Waals surface area contributed by atoms with Crippen LogP contribution in [0.5, 0.6) is 0 Å². The summed E-state index contributed by atoms with van der Waals surface area (Å²) in [4.78, 5) is 14.2. The predicted molar refractivity (Wildman–Crippen MR) is 110 cm³/mol. The van der Waals surface area contributed by atoms with Crippen LogP contribution < -0.4 is 0 Å². The first-order chi connectivity index (χ1) is 12.7. The fourth-order valence-corrected chi connectivity index (χ4v) is 4.89. The lowest BCUT2D eigenvalue weighted by atomic mass is 10.0. The van der Waals surface area contributed by atoms with Crippen molar-refractivity contribution in [2.45, 2.75) is 34.6 Å². The van der Waals surface area contributed by atoms with Crippen LogP contribution in [0.4, 0.5) is 0 Å². The van der Waals surface area contributed by atoms with Crippen LogP contribution in [-0.4, -0.2) is 67.1 Å². The largest absolute Gasteiger partial charge is 0.337 e. The normalized spacial score (nSPS) is 16.4. The number of hydrogen-bond donors (Lipinski definition) is 0. The summed E-state index contributed by atoms with van der Waals surface area (Å²) in [6.07, 6.45) is 3.44. The zero-order valence-corrected chi connectivity index (χ0v) is 17.8. The summed E-state index contributed by atoms with van der Waals surface area (Å²) >= 11 is 0. The van der Waals surface area contributed by atoms with E-state index in [-0.39, 0.29) is 5.91 Å². The van der Waals surface area contributed by atoms with E-state index >= 15 is 0 Å². The van der Waals surface area contributed by atoms with E-state index in [2.05, 4.69) is 26.0 Å². The summed E-state index contributed by atoms with van der Waals surface area (Å²) in [6, 6.07) is 4.21. The van der Waals surface area contributed by atoms with Gasteiger partial charge in [0.05, 0.1) is 0 Å². The lowest BCUT2D eigenvalue weighted by Gasteiger charge is -2.35. The molecule has 0 radical (unpaired) electrons. The van der Waals surface area contributed by atoms with Crippen LogP contribution in [0, 0.1) is 20.8 Å². The van der Waals surface area contributed by atoms with Gasteiger partial charge in [-0.05, 0) is 49.1 Å². The van der Waals surface area contributed by atoms with Crippen LogP contribution in [0.1, 0.15) is 36.1 Å². The fraction of sp³-hybridized carbons (Fsp3) is 0.550. The maximum Gasteiger partial charge on any atom is 0.282 e. The first kappa shape index (κ1) is 21.6. The summed E-state index contributed by atoms with van der Waals surface area (Å²) in [5.41, 5.74) is 4.61. The molecule has 1 aliphatic heterocycles. The number of rotatable bonds is 6. The zero-order valence-electron chi connectivity index (χ0n) is 17.0. The molecule has 1 amide bonds. The molecule has 0 bridgehead atoms. The van der Waals surface area contributed by atoms with Gasteiger partial charge >= 0.3 is 0 Å². The number of amides is 1. The lowest BCUT2D eigenvalue weighted by molar-refractivity contribution is -0.127. The Bertz CT molecular complexity index is 806. The van der Waals surface area contributed by atoms with Crippen LogP contribution in [0.2, 0.25) is 0 Å². The molecule has 1 aromatic rings. The van der Waals surface area contributed by atoms with Gasteiger partial charge in [-0.3, -0.25) is 4.79 Å². The zero-order chi connectivity index (χ0) is 20.2. The highest BCUT2D eigenvalue weighted by Crippen LogP contribution is 2.17. The number of carbonyl (C=O) groups excluding carboxylic acids is 1. The number of piperazine rings is 1. The molecule has 1 fully saturated rings. The molecule has 1 heterocycles. The highest BCUT2D eigenvalue weighted by atomic mass is 32.2. The number of benzene rings is 1. The number of hydrogen-bond acceptors (Lipinski definition) is 3. The SMILES string of the molecule is CCN(CC)S(=O)(=O)N1CCN(C(=O)/C=C/c2cc(C)c(C)cc2C)CC1. The second-order valence-corrected chi connectivity index (χ2v) is 8.87. The van der Waals surface area contributed by atoms with Crippen LogP contribution in [0.25, 0.3) is 6.08 Å². The Kier molecular flexibility index (Phi) is 7.19. The molecule has 0 unspecified atom stereocenters. The van der Waals surface area contributed by atoms with E-state index in [4.69, 9.17) is 0 Å². The molecule has 6 nitrogen and oxygen atoms in total. The van der Waals surface area contributed by atoms with Gasteiger partial charge in [-0.15, -0.1) is 0 Å². The smallest absolute Gasteiger partial charge is 0.282 e. The highest BCUT2D eigenvalue weighted by Gasteiger charge is 2.31. The predicted octanol–water partition coefficient (Wildman–Crippen LogP) is 2.36. The molecule has 0 aromatic heterocycles. The third-order valence-corrected chi connectivity index (χ3v) is 7.38. The van der Waals surface area contributed by atoms with Crippen molar-refractivity contribution in [1.29, 1.82) is 0 Å². The van der Waals surface area contributed by atoms with Gasteiger partial charge in [-0.1, -0.05) is 26.0 Å². The van der Waals surface area contributed by atoms with Crippen molar-refractivity contribution in [3.05, 3.63) is 40.5 Å². The van der Waals surface area contributed by atoms with Gasteiger partial charge in [0.2, 0.25) is 5.91 Å². The van der Waals surface area contributed by atoms with Gasteiger partial charge in [0.25, 0.3) is 10.2 Å². The van der Waals surface area contributed by atoms with Crippen LogP contribution in [0.3, 0.4) is 0 Å². The highest BCUT2D eigenvalue weighted by molar-refractivity contribution is 7.86. The van der Waals surface area contributed by atoms with Crippen molar-refractivity contribution in [3.63, 3.8) is 0 Å². The number of carbonyl (C=O) groups is 1. The minimum atomic E-state index is -3.43. The van der Waals surface area contributed by atoms with E-state index in [9.17, 15) is 13.2 Å². The Morgan fingerprint density at radius 1 is 1.00 bits per heavy atom. The first-order valence-electron chi connectivity index (χ1n) is 9.50. The molecule has 0 spiro atoms. The van der Waals surface area contributed by atoms with Crippen LogP contribution >= 0.6 is 0 Å². The summed E-state index contributed by atoms with van der Waals surface area (Å²) in [6.45, 7) is 12.2. The molecule has 2 rings (SSSR count). The Morgan fingerprint density at radius 3 is 2.11 bits per heavy atom. The van der Waals surface area contributed by atoms with Gasteiger partial charge in [-0.25, -0.2) is 0 Å². The Hall–Kier alpha value is -1.70. The summed E-state index contributed by atoms with van der Waals surface area (Å²) in [5.74, 6) is -0.0764. The monoisotopic (exact) mass is 393 g/mol. The fourth-order valence-electron chi connectivity index (χ4n) is 3.28. The molecular formula is C20H31N3O3S. The molecule has 0 aliphatic carbocycles. The average molecular weight is 394 g/mol. The van der Waals surface area contributed by atoms with Crippen molar-refractivity contribution >= 4 is 22.2 Å². The molecule has 0 saturated carbocycles. The third-order valence-electron chi connectivity index (χ3n) is 5.20. The minimum Gasteiger partial charge on any atom is -0.337 e. The second kappa shape index (κ2) is 8.99. The lowest BCUT2D eigenvalue weighted by Crippen LogP contribution is -2.53. The summed E-state index contributed by atoms with van der Waals surface area (Å²) in [7, 11) is -3.43. The third kappa shape index (κ3) is 4.97. The molecule has 1 aromatic carbocycles. The molecule has 0 atom stereocenters. The molecule has 7 heteroatoms. The van der Waals surface area contributed by atoms with Crippen LogP contribution in [0.15, 0.2) is 18.2 Å². The standard InChI is InChI=1S/C20H31N3O3S/c1-6-22(7-2)27(25,26)23-12-10-21(11-13-23)20(24)9-8-19-15-17(4)16(3)14-18(19)5/h8-9,14-15H,6-7,10-13H2,1-5H3/b9-8+. The minimum absolute atomic E-state index is 0.0764. The maximum atomic E-state index is 12.6. The summed E-state index contributed by atoms with van der Waals surface area (Å²) in [5, 5.41) is 0. The molecule has 1 saturated heterocycles. The van der Waals surface area contributed by atoms with E-state index in [0.29, 0.717) is 39.3 Å². The van der Waals surface area contributed by atoms with E-state index in [1.165, 1.54) is 19.7 Å². The first-order valence-corrected chi connectivity index (χ1v) is 10.9. The average Bonchev–Trinajstić information content (AvgIpc) is 2.64. The van der Waals surface area contributed by atoms with Gasteiger partial charge in [0.1, 0.15) is 0 Å². The van der Waals surface area contributed by atoms with Crippen molar-refractivity contribution in [2.75, 3.05) is 39.3 Å². The number of nitrogens with zero attached hydrogens (tertiary/aromatic N) is 3. The van der Waals surface area contributed by atoms with Crippen molar-refractivity contribution in [3.8, 4) is 0 Å². The van der Waals surface area contributed by atoms with Crippen molar-refractivity contribution in [2.24, 2.45) is 0 Å². The van der Waals surface area contributed by atoms with Gasteiger partial charge < -0.3 is 4.90 Å². The topological polar surface area (TPSA) is 60.9 Å². The quantitative estimate of drug-likeness (QED) is 0.697. The van der Waals surface area contributed by atoms with Gasteiger partial charge in [-0.2, -0.15) is 17.0 Å². The van der Waals surface area contributed by atoms with Crippen molar-refractivity contribution in [1.82, 2.24) is 13.5 Å². The van der Waals surface area contributed by atoms with E-state index in [1.54, 1.807) is 11.0 Å². The van der Waals surface area contributed by atoms with E-state index in [0.717, 1.165) is 11.1 Å². The molecule has 27 heavy (non-hydrogen) atoms. The molecule has 150 valence electrons. The molecular weight excluding hydrogens is 362 g/mol. The van der Waals surface area contributed by atoms with E-state index in [1.807, 2.05) is 26.8 Å². The molecule has 1 aliphatic rings. The summed E-state index contributed by atoms with van der Waals surface area (Å²) < 4.78 is 28.1. The van der Waals surface area contributed by atoms with E-state index < -0.39 is 10.2 Å². The molecule has 0 N–H and O–H groups in total.